The number of nitrogens with one attached hydrogen (secondary N) is 1. The quantitative estimate of drug-likeness (QED) is 0.359. The molecule has 1 atom stereocenters. The van der Waals surface area contributed by atoms with Gasteiger partial charge in [-0.05, 0) is 36.2 Å². The second-order valence-corrected chi connectivity index (χ2v) is 9.36. The lowest BCUT2D eigenvalue weighted by molar-refractivity contribution is 0.0999. The average molecular weight is 460 g/mol. The number of amides is 2. The van der Waals surface area contributed by atoms with E-state index in [-0.39, 0.29) is 16.0 Å². The lowest BCUT2D eigenvalue weighted by atomic mass is 9.69. The van der Waals surface area contributed by atoms with Crippen LogP contribution in [0.25, 0.3) is 0 Å². The van der Waals surface area contributed by atoms with Crippen molar-refractivity contribution in [1.82, 2.24) is 0 Å². The maximum atomic E-state index is 14.0. The maximum Gasteiger partial charge on any atom is 0.262 e. The Bertz CT molecular complexity index is 1050. The number of hydrogen-bond acceptors (Lipinski definition) is 3. The van der Waals surface area contributed by atoms with Crippen LogP contribution < -0.4 is 11.1 Å². The second kappa shape index (κ2) is 8.22. The van der Waals surface area contributed by atoms with Crippen molar-refractivity contribution < 1.29 is 31.5 Å². The van der Waals surface area contributed by atoms with Gasteiger partial charge in [-0.3, -0.25) is 9.59 Å². The summed E-state index contributed by atoms with van der Waals surface area (Å²) in [7, 11) is 0. The molecule has 0 saturated heterocycles. The van der Waals surface area contributed by atoms with Crippen molar-refractivity contribution in [2.24, 2.45) is 17.1 Å². The number of fused-ring (bicyclic) bond motifs is 1. The SMILES string of the molecule is CCC(C)(C)[C@H]1CCc2c(sc(NC(=O)c3c(F)c(F)c(F)c(F)c3F)c2C(N)=O)C1. The Labute approximate surface area is 179 Å². The summed E-state index contributed by atoms with van der Waals surface area (Å²) in [4.78, 5) is 25.3. The molecule has 1 aromatic carbocycles. The molecular formula is C21H21F5N2O2S. The van der Waals surface area contributed by atoms with Gasteiger partial charge in [-0.15, -0.1) is 11.3 Å². The van der Waals surface area contributed by atoms with Gasteiger partial charge in [0.2, 0.25) is 5.82 Å². The molecular weight excluding hydrogens is 439 g/mol. The lowest BCUT2D eigenvalue weighted by Gasteiger charge is -2.36. The zero-order valence-electron chi connectivity index (χ0n) is 17.1. The standard InChI is InChI=1S/C21H21F5N2O2S/c1-4-21(2,3)8-5-6-9-10(7-8)31-20(11(9)18(27)29)28-19(30)12-13(22)15(24)17(26)16(25)14(12)23/h8H,4-7H2,1-3H3,(H2,27,29)(H,28,30)/t8-/m0/s1. The number of carbonyl (C=O) groups excluding carboxylic acids is 2. The zero-order valence-corrected chi connectivity index (χ0v) is 17.9. The average Bonchev–Trinajstić information content (AvgIpc) is 3.08. The van der Waals surface area contributed by atoms with Gasteiger partial charge in [0.1, 0.15) is 10.6 Å². The first-order valence-electron chi connectivity index (χ1n) is 9.67. The molecule has 0 radical (unpaired) electrons. The van der Waals surface area contributed by atoms with E-state index in [0.717, 1.165) is 29.1 Å². The van der Waals surface area contributed by atoms with E-state index in [9.17, 15) is 31.5 Å². The third-order valence-electron chi connectivity index (χ3n) is 6.19. The molecule has 1 aromatic heterocycles. The van der Waals surface area contributed by atoms with Gasteiger partial charge in [0.15, 0.2) is 23.3 Å². The van der Waals surface area contributed by atoms with Crippen molar-refractivity contribution in [2.75, 3.05) is 5.32 Å². The van der Waals surface area contributed by atoms with Crippen LogP contribution in [0.5, 0.6) is 0 Å². The van der Waals surface area contributed by atoms with E-state index in [0.29, 0.717) is 24.3 Å². The topological polar surface area (TPSA) is 72.2 Å². The molecule has 0 bridgehead atoms. The molecule has 1 heterocycles. The summed E-state index contributed by atoms with van der Waals surface area (Å²) in [6.07, 6.45) is 2.87. The first-order chi connectivity index (χ1) is 14.4. The second-order valence-electron chi connectivity index (χ2n) is 8.25. The summed E-state index contributed by atoms with van der Waals surface area (Å²) in [5.41, 5.74) is 4.54. The van der Waals surface area contributed by atoms with E-state index < -0.39 is 46.5 Å². The number of benzene rings is 1. The largest absolute Gasteiger partial charge is 0.365 e. The Morgan fingerprint density at radius 3 is 2.10 bits per heavy atom. The molecule has 10 heteroatoms. The molecule has 168 valence electrons. The van der Waals surface area contributed by atoms with E-state index in [1.807, 2.05) is 0 Å². The van der Waals surface area contributed by atoms with Crippen molar-refractivity contribution >= 4 is 28.2 Å². The highest BCUT2D eigenvalue weighted by molar-refractivity contribution is 7.17. The predicted octanol–water partition coefficient (Wildman–Crippen LogP) is 5.34. The van der Waals surface area contributed by atoms with Gasteiger partial charge in [0.05, 0.1) is 5.56 Å². The Morgan fingerprint density at radius 1 is 1.03 bits per heavy atom. The highest BCUT2D eigenvalue weighted by Crippen LogP contribution is 2.45. The molecule has 2 aromatic rings. The summed E-state index contributed by atoms with van der Waals surface area (Å²) >= 11 is 1.03. The molecule has 0 saturated carbocycles. The number of hydrogen-bond donors (Lipinski definition) is 2. The molecule has 3 N–H and O–H groups in total. The van der Waals surface area contributed by atoms with Gasteiger partial charge in [-0.25, -0.2) is 22.0 Å². The highest BCUT2D eigenvalue weighted by atomic mass is 32.1. The van der Waals surface area contributed by atoms with Crippen LogP contribution in [0, 0.1) is 40.4 Å². The molecule has 0 fully saturated rings. The number of halogens is 5. The minimum absolute atomic E-state index is 0.00461. The molecule has 3 rings (SSSR count). The minimum Gasteiger partial charge on any atom is -0.365 e. The van der Waals surface area contributed by atoms with Crippen molar-refractivity contribution in [3.8, 4) is 0 Å². The van der Waals surface area contributed by atoms with E-state index >= 15 is 0 Å². The third-order valence-corrected chi connectivity index (χ3v) is 7.36. The van der Waals surface area contributed by atoms with Crippen LogP contribution in [0.15, 0.2) is 0 Å². The Kier molecular flexibility index (Phi) is 6.14. The van der Waals surface area contributed by atoms with Gasteiger partial charge < -0.3 is 11.1 Å². The fourth-order valence-electron chi connectivity index (χ4n) is 3.86. The first kappa shape index (κ1) is 23.2. The number of anilines is 1. The first-order valence-corrected chi connectivity index (χ1v) is 10.5. The van der Waals surface area contributed by atoms with Crippen molar-refractivity contribution in [3.05, 3.63) is 50.7 Å². The molecule has 0 aliphatic heterocycles. The number of primary amides is 1. The molecule has 31 heavy (non-hydrogen) atoms. The number of rotatable bonds is 5. The van der Waals surface area contributed by atoms with E-state index in [4.69, 9.17) is 5.73 Å². The van der Waals surface area contributed by atoms with E-state index in [1.54, 1.807) is 0 Å². The van der Waals surface area contributed by atoms with Crippen LogP contribution in [0.1, 0.15) is 64.8 Å². The Morgan fingerprint density at radius 2 is 1.58 bits per heavy atom. The van der Waals surface area contributed by atoms with Gasteiger partial charge in [0, 0.05) is 4.88 Å². The van der Waals surface area contributed by atoms with Gasteiger partial charge in [0.25, 0.3) is 11.8 Å². The molecule has 1 aliphatic carbocycles. The van der Waals surface area contributed by atoms with Crippen molar-refractivity contribution in [2.45, 2.75) is 46.5 Å². The normalized spacial score (nSPS) is 16.2. The lowest BCUT2D eigenvalue weighted by Crippen LogP contribution is -2.29. The van der Waals surface area contributed by atoms with Crippen LogP contribution in [0.2, 0.25) is 0 Å². The highest BCUT2D eigenvalue weighted by Gasteiger charge is 2.36. The van der Waals surface area contributed by atoms with Gasteiger partial charge >= 0.3 is 0 Å². The summed E-state index contributed by atoms with van der Waals surface area (Å²) in [5.74, 6) is -13.4. The summed E-state index contributed by atoms with van der Waals surface area (Å²) in [6, 6.07) is 0. The summed E-state index contributed by atoms with van der Waals surface area (Å²) in [6.45, 7) is 6.35. The van der Waals surface area contributed by atoms with Crippen molar-refractivity contribution in [1.29, 1.82) is 0 Å². The van der Waals surface area contributed by atoms with Crippen molar-refractivity contribution in [3.63, 3.8) is 0 Å². The number of nitrogens with two attached hydrogens (primary N) is 1. The van der Waals surface area contributed by atoms with Crippen LogP contribution in [0.4, 0.5) is 27.0 Å². The molecule has 2 amide bonds. The minimum atomic E-state index is -2.36. The van der Waals surface area contributed by atoms with E-state index in [1.165, 1.54) is 0 Å². The van der Waals surface area contributed by atoms with Crippen LogP contribution in [0.3, 0.4) is 0 Å². The smallest absolute Gasteiger partial charge is 0.262 e. The summed E-state index contributed by atoms with van der Waals surface area (Å²) in [5, 5.41) is 2.06. The van der Waals surface area contributed by atoms with Gasteiger partial charge in [-0.1, -0.05) is 27.2 Å². The zero-order chi connectivity index (χ0) is 23.2. The summed E-state index contributed by atoms with van der Waals surface area (Å²) < 4.78 is 68.2. The third kappa shape index (κ3) is 3.93. The molecule has 4 nitrogen and oxygen atoms in total. The molecule has 0 unspecified atom stereocenters. The molecule has 0 spiro atoms. The van der Waals surface area contributed by atoms with Crippen LogP contribution >= 0.6 is 11.3 Å². The molecule has 1 aliphatic rings. The van der Waals surface area contributed by atoms with E-state index in [2.05, 4.69) is 26.1 Å². The fourth-order valence-corrected chi connectivity index (χ4v) is 5.19. The van der Waals surface area contributed by atoms with Crippen LogP contribution in [-0.4, -0.2) is 11.8 Å². The number of carbonyl (C=O) groups is 2. The predicted molar refractivity (Wildman–Crippen MR) is 107 cm³/mol. The Hall–Kier alpha value is -2.49. The number of thiophene rings is 1. The van der Waals surface area contributed by atoms with Gasteiger partial charge in [-0.2, -0.15) is 0 Å². The van der Waals surface area contributed by atoms with Crippen LogP contribution in [-0.2, 0) is 12.8 Å². The maximum absolute atomic E-state index is 14.0. The monoisotopic (exact) mass is 460 g/mol. The Balaban J connectivity index is 2.01. The fraction of sp³-hybridized carbons (Fsp3) is 0.429.